The van der Waals surface area contributed by atoms with Gasteiger partial charge >= 0.3 is 0 Å². The lowest BCUT2D eigenvalue weighted by Crippen LogP contribution is -2.22. The van der Waals surface area contributed by atoms with E-state index in [1.807, 2.05) is 43.3 Å². The number of fused-ring (bicyclic) bond motifs is 1. The average Bonchev–Trinajstić information content (AvgIpc) is 3.10. The monoisotopic (exact) mass is 319 g/mol. The van der Waals surface area contributed by atoms with Crippen LogP contribution in [0.3, 0.4) is 0 Å². The third-order valence-electron chi connectivity index (χ3n) is 4.79. The van der Waals surface area contributed by atoms with Gasteiger partial charge in [-0.25, -0.2) is 9.97 Å². The molecule has 0 amide bonds. The molecule has 1 aliphatic rings. The molecule has 1 atom stereocenters. The van der Waals surface area contributed by atoms with Gasteiger partial charge in [0.15, 0.2) is 5.82 Å². The van der Waals surface area contributed by atoms with Crippen LogP contribution in [0.5, 0.6) is 5.75 Å². The van der Waals surface area contributed by atoms with Crippen molar-refractivity contribution in [1.29, 1.82) is 0 Å². The number of aromatic nitrogens is 2. The molecule has 1 aliphatic heterocycles. The highest BCUT2D eigenvalue weighted by molar-refractivity contribution is 5.76. The first kappa shape index (κ1) is 14.9. The minimum atomic E-state index is 0.467. The Morgan fingerprint density at radius 3 is 2.50 bits per heavy atom. The molecule has 4 nitrogen and oxygen atoms in total. The maximum Gasteiger partial charge on any atom is 0.150 e. The van der Waals surface area contributed by atoms with Crippen LogP contribution in [0.25, 0.3) is 11.0 Å². The van der Waals surface area contributed by atoms with E-state index in [1.165, 1.54) is 5.56 Å². The molecule has 0 saturated carbocycles. The zero-order valence-electron chi connectivity index (χ0n) is 14.1. The molecule has 1 unspecified atom stereocenters. The summed E-state index contributed by atoms with van der Waals surface area (Å²) in [6.07, 6.45) is 1.11. The maximum atomic E-state index is 5.53. The van der Waals surface area contributed by atoms with E-state index in [-0.39, 0.29) is 0 Å². The highest BCUT2D eigenvalue weighted by Crippen LogP contribution is 2.35. The molecular weight excluding hydrogens is 298 g/mol. The van der Waals surface area contributed by atoms with Crippen molar-refractivity contribution in [2.75, 3.05) is 25.1 Å². The van der Waals surface area contributed by atoms with E-state index < -0.39 is 0 Å². The van der Waals surface area contributed by atoms with E-state index in [9.17, 15) is 0 Å². The Kier molecular flexibility index (Phi) is 3.81. The van der Waals surface area contributed by atoms with Crippen LogP contribution in [0.1, 0.15) is 23.6 Å². The summed E-state index contributed by atoms with van der Waals surface area (Å²) in [5.41, 5.74) is 4.20. The molecule has 0 bridgehead atoms. The Bertz CT molecular complexity index is 878. The standard InChI is InChI=1S/C20H21N3O/c1-14-20(22-18-9-5-4-8-17(18)21-14)23-12-11-15(13-23)16-7-3-6-10-19(16)24-2/h3-10,15H,11-13H2,1-2H3. The minimum absolute atomic E-state index is 0.467. The van der Waals surface area contributed by atoms with E-state index >= 15 is 0 Å². The van der Waals surface area contributed by atoms with Crippen molar-refractivity contribution in [3.05, 3.63) is 59.8 Å². The Labute approximate surface area is 142 Å². The third-order valence-corrected chi connectivity index (χ3v) is 4.79. The Morgan fingerprint density at radius 1 is 1.00 bits per heavy atom. The number of hydrogen-bond acceptors (Lipinski definition) is 4. The molecule has 3 aromatic rings. The summed E-state index contributed by atoms with van der Waals surface area (Å²) in [6.45, 7) is 4.00. The first-order valence-electron chi connectivity index (χ1n) is 8.37. The molecule has 122 valence electrons. The van der Waals surface area contributed by atoms with E-state index in [0.29, 0.717) is 5.92 Å². The second-order valence-electron chi connectivity index (χ2n) is 6.29. The van der Waals surface area contributed by atoms with Crippen molar-refractivity contribution in [1.82, 2.24) is 9.97 Å². The quantitative estimate of drug-likeness (QED) is 0.733. The summed E-state index contributed by atoms with van der Waals surface area (Å²) in [5.74, 6) is 2.45. The predicted octanol–water partition coefficient (Wildman–Crippen LogP) is 3.94. The van der Waals surface area contributed by atoms with Crippen LogP contribution < -0.4 is 9.64 Å². The summed E-state index contributed by atoms with van der Waals surface area (Å²) in [4.78, 5) is 11.9. The number of methoxy groups -OCH3 is 1. The first-order valence-corrected chi connectivity index (χ1v) is 8.37. The second-order valence-corrected chi connectivity index (χ2v) is 6.29. The largest absolute Gasteiger partial charge is 0.496 e. The van der Waals surface area contributed by atoms with Crippen molar-refractivity contribution in [3.63, 3.8) is 0 Å². The summed E-state index contributed by atoms with van der Waals surface area (Å²) < 4.78 is 5.53. The zero-order valence-corrected chi connectivity index (χ0v) is 14.1. The van der Waals surface area contributed by atoms with Crippen molar-refractivity contribution >= 4 is 16.9 Å². The molecule has 1 saturated heterocycles. The summed E-state index contributed by atoms with van der Waals surface area (Å²) in [6, 6.07) is 16.4. The highest BCUT2D eigenvalue weighted by Gasteiger charge is 2.28. The molecule has 0 spiro atoms. The second kappa shape index (κ2) is 6.11. The molecule has 2 aromatic carbocycles. The minimum Gasteiger partial charge on any atom is -0.496 e. The number of nitrogens with zero attached hydrogens (tertiary/aromatic N) is 3. The van der Waals surface area contributed by atoms with Crippen LogP contribution in [0.15, 0.2) is 48.5 Å². The van der Waals surface area contributed by atoms with Crippen molar-refractivity contribution < 1.29 is 4.74 Å². The zero-order chi connectivity index (χ0) is 16.5. The molecular formula is C20H21N3O. The highest BCUT2D eigenvalue weighted by atomic mass is 16.5. The van der Waals surface area contributed by atoms with Gasteiger partial charge in [0.2, 0.25) is 0 Å². The molecule has 1 fully saturated rings. The number of ether oxygens (including phenoxy) is 1. The normalized spacial score (nSPS) is 17.4. The lowest BCUT2D eigenvalue weighted by molar-refractivity contribution is 0.406. The lowest BCUT2D eigenvalue weighted by atomic mass is 9.97. The summed E-state index contributed by atoms with van der Waals surface area (Å²) >= 11 is 0. The molecule has 0 N–H and O–H groups in total. The molecule has 4 heteroatoms. The topological polar surface area (TPSA) is 38.2 Å². The lowest BCUT2D eigenvalue weighted by Gasteiger charge is -2.20. The average molecular weight is 319 g/mol. The number of rotatable bonds is 3. The molecule has 4 rings (SSSR count). The van der Waals surface area contributed by atoms with E-state index in [0.717, 1.165) is 47.8 Å². The molecule has 1 aromatic heterocycles. The molecule has 0 radical (unpaired) electrons. The van der Waals surface area contributed by atoms with E-state index in [2.05, 4.69) is 17.0 Å². The predicted molar refractivity (Wildman–Crippen MR) is 96.8 cm³/mol. The van der Waals surface area contributed by atoms with Crippen molar-refractivity contribution in [3.8, 4) is 5.75 Å². The SMILES string of the molecule is COc1ccccc1C1CCN(c2nc3ccccc3nc2C)C1. The number of anilines is 1. The van der Waals surface area contributed by atoms with Gasteiger partial charge in [-0.2, -0.15) is 0 Å². The fourth-order valence-electron chi connectivity index (χ4n) is 3.59. The van der Waals surface area contributed by atoms with E-state index in [1.54, 1.807) is 7.11 Å². The van der Waals surface area contributed by atoms with Crippen molar-refractivity contribution in [2.24, 2.45) is 0 Å². The van der Waals surface area contributed by atoms with Crippen LogP contribution in [-0.4, -0.2) is 30.2 Å². The smallest absolute Gasteiger partial charge is 0.150 e. The van der Waals surface area contributed by atoms with Crippen LogP contribution in [0, 0.1) is 6.92 Å². The van der Waals surface area contributed by atoms with Crippen LogP contribution in [0.4, 0.5) is 5.82 Å². The van der Waals surface area contributed by atoms with Gasteiger partial charge in [0.05, 0.1) is 23.8 Å². The van der Waals surface area contributed by atoms with Crippen molar-refractivity contribution in [2.45, 2.75) is 19.3 Å². The van der Waals surface area contributed by atoms with Crippen LogP contribution in [-0.2, 0) is 0 Å². The number of para-hydroxylation sites is 3. The molecule has 24 heavy (non-hydrogen) atoms. The Balaban J connectivity index is 1.64. The van der Waals surface area contributed by atoms with Crippen LogP contribution >= 0.6 is 0 Å². The van der Waals surface area contributed by atoms with Gasteiger partial charge in [0.1, 0.15) is 5.75 Å². The summed E-state index contributed by atoms with van der Waals surface area (Å²) in [5, 5.41) is 0. The molecule has 2 heterocycles. The van der Waals surface area contributed by atoms with Crippen LogP contribution in [0.2, 0.25) is 0 Å². The van der Waals surface area contributed by atoms with Gasteiger partial charge in [0.25, 0.3) is 0 Å². The maximum absolute atomic E-state index is 5.53. The van der Waals surface area contributed by atoms with Gasteiger partial charge in [-0.05, 0) is 37.1 Å². The van der Waals surface area contributed by atoms with Gasteiger partial charge in [-0.15, -0.1) is 0 Å². The van der Waals surface area contributed by atoms with Gasteiger partial charge < -0.3 is 9.64 Å². The fraction of sp³-hybridized carbons (Fsp3) is 0.300. The number of hydrogen-bond donors (Lipinski definition) is 0. The van der Waals surface area contributed by atoms with Gasteiger partial charge in [0, 0.05) is 19.0 Å². The Hall–Kier alpha value is -2.62. The fourth-order valence-corrected chi connectivity index (χ4v) is 3.59. The van der Waals surface area contributed by atoms with Gasteiger partial charge in [-0.1, -0.05) is 30.3 Å². The third kappa shape index (κ3) is 2.58. The Morgan fingerprint density at radius 2 is 1.71 bits per heavy atom. The number of aryl methyl sites for hydroxylation is 1. The number of benzene rings is 2. The van der Waals surface area contributed by atoms with E-state index in [4.69, 9.17) is 14.7 Å². The molecule has 0 aliphatic carbocycles. The summed E-state index contributed by atoms with van der Waals surface area (Å²) in [7, 11) is 1.74. The van der Waals surface area contributed by atoms with Gasteiger partial charge in [-0.3, -0.25) is 0 Å². The first-order chi connectivity index (χ1) is 11.8.